The van der Waals surface area contributed by atoms with E-state index in [1.54, 1.807) is 20.8 Å². The fourth-order valence-corrected chi connectivity index (χ4v) is 2.29. The van der Waals surface area contributed by atoms with Crippen LogP contribution < -0.4 is 0 Å². The Morgan fingerprint density at radius 3 is 2.62 bits per heavy atom. The molecule has 1 heterocycles. The molecule has 2 atom stereocenters. The summed E-state index contributed by atoms with van der Waals surface area (Å²) in [5.74, 6) is -3.35. The molecule has 1 saturated heterocycles. The lowest BCUT2D eigenvalue weighted by atomic mass is 10.1. The van der Waals surface area contributed by atoms with Crippen molar-refractivity contribution < 1.29 is 18.3 Å². The van der Waals surface area contributed by atoms with E-state index in [1.165, 1.54) is 4.90 Å². The molecule has 0 aromatic rings. The molecule has 0 bridgehead atoms. The number of hydrogen-bond acceptors (Lipinski definition) is 2. The van der Waals surface area contributed by atoms with Crippen molar-refractivity contribution in [3.8, 4) is 0 Å². The van der Waals surface area contributed by atoms with Crippen LogP contribution in [0.2, 0.25) is 0 Å². The zero-order valence-corrected chi connectivity index (χ0v) is 9.80. The van der Waals surface area contributed by atoms with Gasteiger partial charge in [0.25, 0.3) is 5.92 Å². The van der Waals surface area contributed by atoms with Crippen LogP contribution in [-0.2, 0) is 4.74 Å². The molecule has 2 rings (SSSR count). The number of carbonyl (C=O) groups is 1. The molecule has 0 N–H and O–H groups in total. The Bertz CT molecular complexity index is 312. The van der Waals surface area contributed by atoms with Gasteiger partial charge in [-0.15, -0.1) is 0 Å². The van der Waals surface area contributed by atoms with Gasteiger partial charge in [0, 0.05) is 6.54 Å². The summed E-state index contributed by atoms with van der Waals surface area (Å²) in [5.41, 5.74) is -0.631. The van der Waals surface area contributed by atoms with E-state index in [-0.39, 0.29) is 0 Å². The third kappa shape index (κ3) is 1.87. The normalized spacial score (nSPS) is 31.9. The van der Waals surface area contributed by atoms with Gasteiger partial charge in [0.1, 0.15) is 11.6 Å². The highest BCUT2D eigenvalue weighted by Crippen LogP contribution is 2.56. The van der Waals surface area contributed by atoms with Crippen LogP contribution in [0.15, 0.2) is 0 Å². The van der Waals surface area contributed by atoms with Crippen LogP contribution in [0, 0.1) is 5.92 Å². The molecule has 1 aliphatic heterocycles. The molecule has 16 heavy (non-hydrogen) atoms. The van der Waals surface area contributed by atoms with Crippen molar-refractivity contribution in [1.29, 1.82) is 0 Å². The summed E-state index contributed by atoms with van der Waals surface area (Å²) in [6, 6.07) is -0.920. The highest BCUT2D eigenvalue weighted by Gasteiger charge is 2.72. The molecule has 92 valence electrons. The fraction of sp³-hybridized carbons (Fsp3) is 0.909. The zero-order valence-electron chi connectivity index (χ0n) is 9.80. The maximum absolute atomic E-state index is 13.3. The monoisotopic (exact) mass is 233 g/mol. The van der Waals surface area contributed by atoms with Crippen molar-refractivity contribution in [3.05, 3.63) is 0 Å². The summed E-state index contributed by atoms with van der Waals surface area (Å²) in [7, 11) is 0. The summed E-state index contributed by atoms with van der Waals surface area (Å²) in [4.78, 5) is 12.9. The second-order valence-corrected chi connectivity index (χ2v) is 5.54. The van der Waals surface area contributed by atoms with E-state index >= 15 is 0 Å². The first-order chi connectivity index (χ1) is 7.23. The minimum absolute atomic E-state index is 0.381. The van der Waals surface area contributed by atoms with Crippen LogP contribution in [0.3, 0.4) is 0 Å². The number of piperidine rings is 1. The minimum Gasteiger partial charge on any atom is -0.444 e. The number of amides is 1. The standard InChI is InChI=1S/C11H17F2NO2/c1-10(2,3)16-9(15)14-6-4-5-7-8(14)11(7,12)13/h7-8H,4-6H2,1-3H3/t7-,8-/m1/s1. The van der Waals surface area contributed by atoms with Crippen molar-refractivity contribution in [3.63, 3.8) is 0 Å². The van der Waals surface area contributed by atoms with Crippen LogP contribution in [0.25, 0.3) is 0 Å². The van der Waals surface area contributed by atoms with Gasteiger partial charge in [0.15, 0.2) is 0 Å². The van der Waals surface area contributed by atoms with Gasteiger partial charge in [0.05, 0.1) is 5.92 Å². The third-order valence-electron chi connectivity index (χ3n) is 3.04. The van der Waals surface area contributed by atoms with Crippen LogP contribution in [0.5, 0.6) is 0 Å². The zero-order chi connectivity index (χ0) is 12.1. The summed E-state index contributed by atoms with van der Waals surface area (Å²) < 4.78 is 31.7. The molecule has 2 fully saturated rings. The highest BCUT2D eigenvalue weighted by atomic mass is 19.3. The lowest BCUT2D eigenvalue weighted by molar-refractivity contribution is 0.00954. The maximum Gasteiger partial charge on any atom is 0.410 e. The second-order valence-electron chi connectivity index (χ2n) is 5.54. The van der Waals surface area contributed by atoms with Gasteiger partial charge in [-0.25, -0.2) is 13.6 Å². The average molecular weight is 233 g/mol. The van der Waals surface area contributed by atoms with E-state index in [2.05, 4.69) is 0 Å². The number of ether oxygens (including phenoxy) is 1. The molecule has 1 aliphatic carbocycles. The van der Waals surface area contributed by atoms with Crippen LogP contribution >= 0.6 is 0 Å². The Balaban J connectivity index is 2.02. The molecule has 0 unspecified atom stereocenters. The molecule has 0 aromatic heterocycles. The lowest BCUT2D eigenvalue weighted by Crippen LogP contribution is -2.42. The smallest absolute Gasteiger partial charge is 0.410 e. The van der Waals surface area contributed by atoms with Gasteiger partial charge in [-0.3, -0.25) is 4.90 Å². The molecule has 1 amide bonds. The Morgan fingerprint density at radius 1 is 1.44 bits per heavy atom. The molecule has 5 heteroatoms. The lowest BCUT2D eigenvalue weighted by Gasteiger charge is -2.29. The topological polar surface area (TPSA) is 29.5 Å². The van der Waals surface area contributed by atoms with Crippen molar-refractivity contribution in [2.24, 2.45) is 5.92 Å². The Kier molecular flexibility index (Phi) is 2.40. The number of nitrogens with zero attached hydrogens (tertiary/aromatic N) is 1. The highest BCUT2D eigenvalue weighted by molar-refractivity contribution is 5.69. The fourth-order valence-electron chi connectivity index (χ4n) is 2.29. The molecule has 0 aromatic carbocycles. The quantitative estimate of drug-likeness (QED) is 0.643. The van der Waals surface area contributed by atoms with Crippen molar-refractivity contribution >= 4 is 6.09 Å². The van der Waals surface area contributed by atoms with E-state index in [0.717, 1.165) is 0 Å². The van der Waals surface area contributed by atoms with Gasteiger partial charge < -0.3 is 4.74 Å². The van der Waals surface area contributed by atoms with Crippen LogP contribution in [0.4, 0.5) is 13.6 Å². The second kappa shape index (κ2) is 3.31. The number of fused-ring (bicyclic) bond motifs is 1. The van der Waals surface area contributed by atoms with Crippen LogP contribution in [0.1, 0.15) is 33.6 Å². The number of rotatable bonds is 0. The first kappa shape index (κ1) is 11.6. The van der Waals surface area contributed by atoms with Gasteiger partial charge in [-0.05, 0) is 33.6 Å². The number of likely N-dealkylation sites (tertiary alicyclic amines) is 1. The van der Waals surface area contributed by atoms with Gasteiger partial charge in [-0.2, -0.15) is 0 Å². The molecule has 0 spiro atoms. The maximum atomic E-state index is 13.3. The molecular weight excluding hydrogens is 216 g/mol. The SMILES string of the molecule is CC(C)(C)OC(=O)N1CCC[C@@H]2[C@@H]1C2(F)F. The van der Waals surface area contributed by atoms with Crippen molar-refractivity contribution in [1.82, 2.24) is 4.90 Å². The molecule has 3 nitrogen and oxygen atoms in total. The van der Waals surface area contributed by atoms with E-state index < -0.39 is 29.6 Å². The number of alkyl halides is 2. The van der Waals surface area contributed by atoms with Gasteiger partial charge >= 0.3 is 6.09 Å². The van der Waals surface area contributed by atoms with Crippen molar-refractivity contribution in [2.45, 2.75) is 51.2 Å². The Labute approximate surface area is 93.7 Å². The molecular formula is C11H17F2NO2. The molecule has 2 aliphatic rings. The average Bonchev–Trinajstić information content (AvgIpc) is 2.67. The van der Waals surface area contributed by atoms with Gasteiger partial charge in [0.2, 0.25) is 0 Å². The summed E-state index contributed by atoms with van der Waals surface area (Å²) in [6.45, 7) is 5.58. The Morgan fingerprint density at radius 2 is 2.06 bits per heavy atom. The molecule has 1 saturated carbocycles. The van der Waals surface area contributed by atoms with E-state index in [9.17, 15) is 13.6 Å². The summed E-state index contributed by atoms with van der Waals surface area (Å²) in [6.07, 6.45) is 0.534. The van der Waals surface area contributed by atoms with Crippen LogP contribution in [-0.4, -0.2) is 35.1 Å². The first-order valence-corrected chi connectivity index (χ1v) is 5.61. The summed E-state index contributed by atoms with van der Waals surface area (Å²) >= 11 is 0. The minimum atomic E-state index is -2.70. The van der Waals surface area contributed by atoms with E-state index in [4.69, 9.17) is 4.74 Å². The largest absolute Gasteiger partial charge is 0.444 e. The predicted octanol–water partition coefficient (Wildman–Crippen LogP) is 2.65. The predicted molar refractivity (Wildman–Crippen MR) is 54.4 cm³/mol. The third-order valence-corrected chi connectivity index (χ3v) is 3.04. The first-order valence-electron chi connectivity index (χ1n) is 5.61. The van der Waals surface area contributed by atoms with Gasteiger partial charge in [-0.1, -0.05) is 0 Å². The number of halogens is 2. The van der Waals surface area contributed by atoms with E-state index in [0.29, 0.717) is 19.4 Å². The summed E-state index contributed by atoms with van der Waals surface area (Å²) in [5, 5.41) is 0. The van der Waals surface area contributed by atoms with E-state index in [1.807, 2.05) is 0 Å². The molecule has 0 radical (unpaired) electrons. The Hall–Kier alpha value is -0.870. The number of hydrogen-bond donors (Lipinski definition) is 0. The van der Waals surface area contributed by atoms with Crippen molar-refractivity contribution in [2.75, 3.05) is 6.54 Å². The number of carbonyl (C=O) groups excluding carboxylic acids is 1.